The van der Waals surface area contributed by atoms with Crippen LogP contribution in [0.2, 0.25) is 0 Å². The highest BCUT2D eigenvalue weighted by molar-refractivity contribution is 8.00. The quantitative estimate of drug-likeness (QED) is 0.248. The maximum atomic E-state index is 12.9. The number of benzene rings is 2. The second kappa shape index (κ2) is 10.6. The number of amides is 1. The highest BCUT2D eigenvalue weighted by Gasteiger charge is 2.31. The lowest BCUT2D eigenvalue weighted by Crippen LogP contribution is -2.28. The zero-order chi connectivity index (χ0) is 24.1. The summed E-state index contributed by atoms with van der Waals surface area (Å²) >= 11 is 2.46. The van der Waals surface area contributed by atoms with Crippen LogP contribution in [0.1, 0.15) is 17.5 Å². The van der Waals surface area contributed by atoms with Crippen molar-refractivity contribution in [1.29, 1.82) is 0 Å². The molecule has 0 saturated carbocycles. The number of thioether (sulfide) groups is 1. The minimum Gasteiger partial charge on any atom is -0.300 e. The molecular formula is C19H16F4N4O3S3. The van der Waals surface area contributed by atoms with Crippen molar-refractivity contribution < 1.29 is 30.8 Å². The van der Waals surface area contributed by atoms with Gasteiger partial charge in [-0.25, -0.2) is 17.5 Å². The number of carbonyl (C=O) groups excluding carboxylic acids is 1. The Morgan fingerprint density at radius 1 is 1.09 bits per heavy atom. The highest BCUT2D eigenvalue weighted by atomic mass is 32.2. The first-order valence-corrected chi connectivity index (χ1v) is 12.5. The zero-order valence-corrected chi connectivity index (χ0v) is 19.0. The van der Waals surface area contributed by atoms with Crippen LogP contribution < -0.4 is 10.0 Å². The third-order valence-electron chi connectivity index (χ3n) is 4.04. The molecule has 3 rings (SSSR count). The van der Waals surface area contributed by atoms with Crippen LogP contribution in [0.4, 0.5) is 22.7 Å². The summed E-state index contributed by atoms with van der Waals surface area (Å²) in [6.07, 6.45) is -4.95. The van der Waals surface area contributed by atoms with Crippen molar-refractivity contribution in [1.82, 2.24) is 14.9 Å². The van der Waals surface area contributed by atoms with E-state index in [1.165, 1.54) is 23.9 Å². The molecular weight excluding hydrogens is 504 g/mol. The van der Waals surface area contributed by atoms with E-state index < -0.39 is 32.6 Å². The number of sulfonamides is 1. The molecule has 0 radical (unpaired) electrons. The number of nitrogens with one attached hydrogen (secondary N) is 2. The SMILES string of the molecule is O=C(CCNS(=O)(=O)c1cccc(C(F)(F)F)c1)Nc1nnc(SCc2ccc(F)cc2)s1. The van der Waals surface area contributed by atoms with Crippen LogP contribution in [0.5, 0.6) is 0 Å². The van der Waals surface area contributed by atoms with Crippen LogP contribution in [0.15, 0.2) is 57.8 Å². The van der Waals surface area contributed by atoms with Crippen LogP contribution in [-0.4, -0.2) is 31.1 Å². The lowest BCUT2D eigenvalue weighted by molar-refractivity contribution is -0.137. The van der Waals surface area contributed by atoms with Crippen molar-refractivity contribution in [3.05, 3.63) is 65.5 Å². The van der Waals surface area contributed by atoms with E-state index in [9.17, 15) is 30.8 Å². The second-order valence-corrected chi connectivity index (χ2v) is 10.5. The first-order valence-electron chi connectivity index (χ1n) is 9.20. The molecule has 1 amide bonds. The van der Waals surface area contributed by atoms with Crippen LogP contribution in [0.25, 0.3) is 0 Å². The number of rotatable bonds is 9. The molecule has 0 spiro atoms. The zero-order valence-electron chi connectivity index (χ0n) is 16.6. The van der Waals surface area contributed by atoms with Gasteiger partial charge in [0, 0.05) is 18.7 Å². The molecule has 0 saturated heterocycles. The summed E-state index contributed by atoms with van der Waals surface area (Å²) in [5.74, 6) is -0.352. The van der Waals surface area contributed by atoms with Crippen LogP contribution in [0.3, 0.4) is 0 Å². The molecule has 1 aromatic heterocycles. The fourth-order valence-corrected chi connectivity index (χ4v) is 5.25. The molecule has 2 N–H and O–H groups in total. The van der Waals surface area contributed by atoms with Crippen LogP contribution >= 0.6 is 23.1 Å². The highest BCUT2D eigenvalue weighted by Crippen LogP contribution is 2.30. The molecule has 0 unspecified atom stereocenters. The van der Waals surface area contributed by atoms with Crippen molar-refractivity contribution in [3.8, 4) is 0 Å². The summed E-state index contributed by atoms with van der Waals surface area (Å²) in [7, 11) is -4.23. The van der Waals surface area contributed by atoms with E-state index >= 15 is 0 Å². The second-order valence-electron chi connectivity index (χ2n) is 6.51. The molecule has 1 heterocycles. The Labute approximate surface area is 194 Å². The number of alkyl halides is 3. The van der Waals surface area contributed by atoms with E-state index in [4.69, 9.17) is 0 Å². The lowest BCUT2D eigenvalue weighted by atomic mass is 10.2. The molecule has 33 heavy (non-hydrogen) atoms. The monoisotopic (exact) mass is 520 g/mol. The smallest absolute Gasteiger partial charge is 0.300 e. The molecule has 0 bridgehead atoms. The molecule has 3 aromatic rings. The van der Waals surface area contributed by atoms with Gasteiger partial charge in [0.1, 0.15) is 5.82 Å². The first-order chi connectivity index (χ1) is 15.5. The normalized spacial score (nSPS) is 12.0. The minimum atomic E-state index is -4.68. The number of nitrogens with zero attached hydrogens (tertiary/aromatic N) is 2. The molecule has 0 fully saturated rings. The van der Waals surface area contributed by atoms with E-state index in [1.807, 2.05) is 0 Å². The van der Waals surface area contributed by atoms with Gasteiger partial charge in [0.2, 0.25) is 21.1 Å². The summed E-state index contributed by atoms with van der Waals surface area (Å²) in [4.78, 5) is 11.5. The van der Waals surface area contributed by atoms with Gasteiger partial charge in [-0.1, -0.05) is 41.3 Å². The predicted octanol–water partition coefficient (Wildman–Crippen LogP) is 4.30. The van der Waals surface area contributed by atoms with Gasteiger partial charge in [-0.2, -0.15) is 13.2 Å². The molecule has 0 aliphatic carbocycles. The van der Waals surface area contributed by atoms with E-state index in [0.717, 1.165) is 35.1 Å². The fourth-order valence-electron chi connectivity index (χ4n) is 2.45. The fraction of sp³-hybridized carbons (Fsp3) is 0.211. The van der Waals surface area contributed by atoms with E-state index in [1.54, 1.807) is 12.1 Å². The summed E-state index contributed by atoms with van der Waals surface area (Å²) in [5.41, 5.74) is -0.206. The van der Waals surface area contributed by atoms with Crippen LogP contribution in [-0.2, 0) is 26.7 Å². The molecule has 0 atom stereocenters. The Hall–Kier alpha value is -2.55. The minimum absolute atomic E-state index is 0.211. The summed E-state index contributed by atoms with van der Waals surface area (Å²) in [6, 6.07) is 9.30. The van der Waals surface area contributed by atoms with Gasteiger partial charge in [-0.05, 0) is 35.9 Å². The predicted molar refractivity (Wildman–Crippen MR) is 116 cm³/mol. The number of anilines is 1. The Morgan fingerprint density at radius 2 is 1.82 bits per heavy atom. The lowest BCUT2D eigenvalue weighted by Gasteiger charge is -2.10. The average Bonchev–Trinajstić information content (AvgIpc) is 3.20. The average molecular weight is 521 g/mol. The van der Waals surface area contributed by atoms with Crippen molar-refractivity contribution in [3.63, 3.8) is 0 Å². The largest absolute Gasteiger partial charge is 0.416 e. The van der Waals surface area contributed by atoms with Crippen molar-refractivity contribution in [2.45, 2.75) is 27.6 Å². The maximum Gasteiger partial charge on any atom is 0.416 e. The number of carbonyl (C=O) groups is 1. The molecule has 0 aliphatic heterocycles. The van der Waals surface area contributed by atoms with Gasteiger partial charge < -0.3 is 5.32 Å². The standard InChI is InChI=1S/C19H16F4N4O3S3/c20-14-6-4-12(5-7-14)11-31-18-27-26-17(32-18)25-16(28)8-9-24-33(29,30)15-3-1-2-13(10-15)19(21,22)23/h1-7,10,24H,8-9,11H2,(H,25,26,28). The Bertz CT molecular complexity index is 1220. The number of halogens is 4. The van der Waals surface area contributed by atoms with Gasteiger partial charge in [-0.3, -0.25) is 4.79 Å². The molecule has 176 valence electrons. The third kappa shape index (κ3) is 7.48. The number of hydrogen-bond acceptors (Lipinski definition) is 7. The number of hydrogen-bond donors (Lipinski definition) is 2. The molecule has 0 aliphatic rings. The van der Waals surface area contributed by atoms with Gasteiger partial charge >= 0.3 is 6.18 Å². The Balaban J connectivity index is 1.47. The van der Waals surface area contributed by atoms with Crippen molar-refractivity contribution in [2.75, 3.05) is 11.9 Å². The van der Waals surface area contributed by atoms with Crippen molar-refractivity contribution >= 4 is 44.2 Å². The topological polar surface area (TPSA) is 101 Å². The summed E-state index contributed by atoms with van der Waals surface area (Å²) in [5, 5.41) is 10.5. The van der Waals surface area contributed by atoms with Gasteiger partial charge in [0.05, 0.1) is 10.5 Å². The van der Waals surface area contributed by atoms with E-state index in [2.05, 4.69) is 20.2 Å². The Kier molecular flexibility index (Phi) is 8.05. The van der Waals surface area contributed by atoms with E-state index in [-0.39, 0.29) is 23.9 Å². The van der Waals surface area contributed by atoms with Crippen molar-refractivity contribution in [2.24, 2.45) is 0 Å². The maximum absolute atomic E-state index is 12.9. The Morgan fingerprint density at radius 3 is 2.52 bits per heavy atom. The van der Waals surface area contributed by atoms with Gasteiger partial charge in [0.25, 0.3) is 0 Å². The molecule has 7 nitrogen and oxygen atoms in total. The number of aromatic nitrogens is 2. The van der Waals surface area contributed by atoms with E-state index in [0.29, 0.717) is 16.2 Å². The van der Waals surface area contributed by atoms with Crippen LogP contribution in [0, 0.1) is 5.82 Å². The summed E-state index contributed by atoms with van der Waals surface area (Å²) < 4.78 is 78.3. The van der Waals surface area contributed by atoms with Gasteiger partial charge in [0.15, 0.2) is 4.34 Å². The molecule has 14 heteroatoms. The van der Waals surface area contributed by atoms with Gasteiger partial charge in [-0.15, -0.1) is 10.2 Å². The third-order valence-corrected chi connectivity index (χ3v) is 7.55. The summed E-state index contributed by atoms with van der Waals surface area (Å²) in [6.45, 7) is -0.324. The molecule has 2 aromatic carbocycles. The first kappa shape index (κ1) is 25.1.